The Morgan fingerprint density at radius 1 is 0.571 bits per heavy atom. The topological polar surface area (TPSA) is 25.8 Å². The SMILES string of the molecule is FC(F)(F)c1cc[c-]c(-c2ccccn2)c1.[Ir].[c-]1ccccc1-c1cc(-c2ccccc2)ccn1. The molecule has 6 heteroatoms. The number of pyridine rings is 2. The van der Waals surface area contributed by atoms with E-state index >= 15 is 0 Å². The quantitative estimate of drug-likeness (QED) is 0.188. The molecule has 0 atom stereocenters. The third-order valence-corrected chi connectivity index (χ3v) is 4.92. The number of hydrogen-bond donors (Lipinski definition) is 0. The van der Waals surface area contributed by atoms with Crippen LogP contribution in [-0.4, -0.2) is 9.97 Å². The molecule has 0 N–H and O–H groups in total. The molecule has 0 unspecified atom stereocenters. The Balaban J connectivity index is 0.000000192. The Hall–Kier alpha value is -3.60. The third kappa shape index (κ3) is 7.19. The van der Waals surface area contributed by atoms with Gasteiger partial charge in [-0.15, -0.1) is 65.7 Å². The van der Waals surface area contributed by atoms with Gasteiger partial charge in [-0.05, 0) is 40.2 Å². The minimum absolute atomic E-state index is 0. The van der Waals surface area contributed by atoms with Crippen LogP contribution in [0.3, 0.4) is 0 Å². The minimum Gasteiger partial charge on any atom is -0.305 e. The Morgan fingerprint density at radius 2 is 1.29 bits per heavy atom. The first kappa shape index (κ1) is 26.0. The number of benzene rings is 3. The standard InChI is InChI=1S/C17H12N.C12H7F3N.Ir/c1-3-7-14(8-4-1)16-11-12-18-17(13-16)15-9-5-2-6-10-15;13-12(14,15)10-5-3-4-9(8-10)11-6-1-2-7-16-11;/h1-9,11-13H;1-3,5-8H;/q2*-1;. The van der Waals surface area contributed by atoms with E-state index in [0.29, 0.717) is 11.3 Å². The van der Waals surface area contributed by atoms with E-state index in [1.54, 1.807) is 18.2 Å². The molecule has 2 heterocycles. The maximum Gasteiger partial charge on any atom is 0.399 e. The zero-order valence-electron chi connectivity index (χ0n) is 18.3. The maximum atomic E-state index is 12.4. The largest absolute Gasteiger partial charge is 0.399 e. The van der Waals surface area contributed by atoms with Crippen LogP contribution in [0.5, 0.6) is 0 Å². The summed E-state index contributed by atoms with van der Waals surface area (Å²) in [5.74, 6) is 0. The fourth-order valence-electron chi connectivity index (χ4n) is 3.25. The molecule has 0 saturated heterocycles. The van der Waals surface area contributed by atoms with Crippen molar-refractivity contribution in [2.75, 3.05) is 0 Å². The molecule has 0 fully saturated rings. The smallest absolute Gasteiger partial charge is 0.305 e. The van der Waals surface area contributed by atoms with Gasteiger partial charge in [-0.2, -0.15) is 13.2 Å². The second kappa shape index (κ2) is 12.2. The van der Waals surface area contributed by atoms with Crippen LogP contribution in [0, 0.1) is 12.1 Å². The molecule has 0 aliphatic rings. The van der Waals surface area contributed by atoms with Crippen LogP contribution >= 0.6 is 0 Å². The van der Waals surface area contributed by atoms with Crippen molar-refractivity contribution in [3.8, 4) is 33.6 Å². The summed E-state index contributed by atoms with van der Waals surface area (Å²) in [6.45, 7) is 0. The van der Waals surface area contributed by atoms with Gasteiger partial charge in [0.2, 0.25) is 0 Å². The van der Waals surface area contributed by atoms with Gasteiger partial charge in [0.25, 0.3) is 0 Å². The average Bonchev–Trinajstić information content (AvgIpc) is 2.90. The summed E-state index contributed by atoms with van der Waals surface area (Å²) in [6, 6.07) is 36.7. The van der Waals surface area contributed by atoms with E-state index in [9.17, 15) is 13.2 Å². The van der Waals surface area contributed by atoms with Crippen LogP contribution < -0.4 is 0 Å². The van der Waals surface area contributed by atoms with Crippen molar-refractivity contribution in [3.05, 3.63) is 133 Å². The number of hydrogen-bond acceptors (Lipinski definition) is 2. The van der Waals surface area contributed by atoms with Gasteiger partial charge >= 0.3 is 6.18 Å². The number of aromatic nitrogens is 2. The van der Waals surface area contributed by atoms with Crippen LogP contribution in [-0.2, 0) is 26.3 Å². The van der Waals surface area contributed by atoms with Gasteiger partial charge in [-0.3, -0.25) is 0 Å². The third-order valence-electron chi connectivity index (χ3n) is 4.92. The molecule has 0 aliphatic heterocycles. The molecular weight excluding hydrogens is 626 g/mol. The first-order valence-electron chi connectivity index (χ1n) is 10.5. The molecule has 177 valence electrons. The number of halogens is 3. The summed E-state index contributed by atoms with van der Waals surface area (Å²) in [4.78, 5) is 8.38. The maximum absolute atomic E-state index is 12.4. The van der Waals surface area contributed by atoms with E-state index in [4.69, 9.17) is 0 Å². The van der Waals surface area contributed by atoms with Gasteiger partial charge in [-0.25, -0.2) is 0 Å². The van der Waals surface area contributed by atoms with Gasteiger partial charge < -0.3 is 9.97 Å². The van der Waals surface area contributed by atoms with Gasteiger partial charge in [0.05, 0.1) is 0 Å². The van der Waals surface area contributed by atoms with E-state index < -0.39 is 11.7 Å². The molecular formula is C29H19F3IrN2-2. The van der Waals surface area contributed by atoms with Gasteiger partial charge in [-0.1, -0.05) is 48.5 Å². The second-order valence-electron chi connectivity index (χ2n) is 7.28. The summed E-state index contributed by atoms with van der Waals surface area (Å²) in [7, 11) is 0. The summed E-state index contributed by atoms with van der Waals surface area (Å²) in [6.07, 6.45) is -0.958. The Morgan fingerprint density at radius 3 is 1.97 bits per heavy atom. The predicted octanol–water partition coefficient (Wildman–Crippen LogP) is 7.78. The van der Waals surface area contributed by atoms with Crippen molar-refractivity contribution in [2.45, 2.75) is 6.18 Å². The molecule has 2 nitrogen and oxygen atoms in total. The van der Waals surface area contributed by atoms with Crippen LogP contribution in [0.1, 0.15) is 5.56 Å². The Kier molecular flexibility index (Phi) is 9.07. The monoisotopic (exact) mass is 645 g/mol. The Bertz CT molecular complexity index is 1270. The second-order valence-corrected chi connectivity index (χ2v) is 7.28. The minimum atomic E-state index is -4.33. The van der Waals surface area contributed by atoms with Gasteiger partial charge in [0.1, 0.15) is 0 Å². The molecule has 2 aromatic heterocycles. The van der Waals surface area contributed by atoms with Crippen molar-refractivity contribution >= 4 is 0 Å². The first-order chi connectivity index (χ1) is 16.5. The molecule has 35 heavy (non-hydrogen) atoms. The summed E-state index contributed by atoms with van der Waals surface area (Å²) < 4.78 is 37.3. The van der Waals surface area contributed by atoms with Crippen LogP contribution in [0.15, 0.2) is 116 Å². The Labute approximate surface area is 215 Å². The fraction of sp³-hybridized carbons (Fsp3) is 0.0345. The van der Waals surface area contributed by atoms with E-state index in [1.807, 2.05) is 54.7 Å². The fourth-order valence-corrected chi connectivity index (χ4v) is 3.25. The zero-order valence-corrected chi connectivity index (χ0v) is 20.7. The molecule has 3 aromatic carbocycles. The van der Waals surface area contributed by atoms with Gasteiger partial charge in [0.15, 0.2) is 0 Å². The molecule has 0 spiro atoms. The summed E-state index contributed by atoms with van der Waals surface area (Å²) in [5.41, 5.74) is 4.50. The normalized spacial score (nSPS) is 10.5. The van der Waals surface area contributed by atoms with Crippen molar-refractivity contribution in [3.63, 3.8) is 0 Å². The number of rotatable bonds is 3. The van der Waals surface area contributed by atoms with Crippen LogP contribution in [0.2, 0.25) is 0 Å². The number of nitrogens with zero attached hydrogens (tertiary/aromatic N) is 2. The molecule has 0 bridgehead atoms. The number of alkyl halides is 3. The molecule has 5 aromatic rings. The van der Waals surface area contributed by atoms with Crippen LogP contribution in [0.4, 0.5) is 13.2 Å². The van der Waals surface area contributed by atoms with E-state index in [1.165, 1.54) is 23.4 Å². The molecule has 0 aliphatic carbocycles. The van der Waals surface area contributed by atoms with Crippen molar-refractivity contribution in [1.82, 2.24) is 9.97 Å². The van der Waals surface area contributed by atoms with E-state index in [0.717, 1.165) is 23.4 Å². The van der Waals surface area contributed by atoms with Crippen molar-refractivity contribution < 1.29 is 33.3 Å². The van der Waals surface area contributed by atoms with Gasteiger partial charge in [0, 0.05) is 32.5 Å². The summed E-state index contributed by atoms with van der Waals surface area (Å²) >= 11 is 0. The zero-order chi connectivity index (χ0) is 23.8. The molecule has 5 rings (SSSR count). The van der Waals surface area contributed by atoms with E-state index in [2.05, 4.69) is 40.3 Å². The summed E-state index contributed by atoms with van der Waals surface area (Å²) in [5, 5.41) is 0. The van der Waals surface area contributed by atoms with E-state index in [-0.39, 0.29) is 20.1 Å². The van der Waals surface area contributed by atoms with Crippen molar-refractivity contribution in [2.24, 2.45) is 0 Å². The molecule has 0 amide bonds. The predicted molar refractivity (Wildman–Crippen MR) is 127 cm³/mol. The molecule has 1 radical (unpaired) electrons. The molecule has 0 saturated carbocycles. The van der Waals surface area contributed by atoms with Crippen molar-refractivity contribution in [1.29, 1.82) is 0 Å². The first-order valence-corrected chi connectivity index (χ1v) is 10.5. The van der Waals surface area contributed by atoms with Crippen LogP contribution in [0.25, 0.3) is 33.6 Å². The average molecular weight is 645 g/mol.